The average molecular weight is 368 g/mol. The van der Waals surface area contributed by atoms with E-state index in [9.17, 15) is 9.67 Å². The summed E-state index contributed by atoms with van der Waals surface area (Å²) in [7, 11) is 1.84. The number of anilines is 1. The van der Waals surface area contributed by atoms with Crippen molar-refractivity contribution in [2.75, 3.05) is 33.8 Å². The molecule has 2 N–H and O–H groups in total. The van der Waals surface area contributed by atoms with Gasteiger partial charge in [0.1, 0.15) is 0 Å². The highest BCUT2D eigenvalue weighted by atomic mass is 31.2. The van der Waals surface area contributed by atoms with Crippen molar-refractivity contribution in [3.8, 4) is 17.2 Å². The smallest absolute Gasteiger partial charge is 0.356 e. The lowest BCUT2D eigenvalue weighted by Crippen LogP contribution is -2.14. The number of hydrogen-bond donors (Lipinski definition) is 2. The third-order valence-electron chi connectivity index (χ3n) is 3.61. The third kappa shape index (κ3) is 4.04. The molecule has 136 valence electrons. The first-order chi connectivity index (χ1) is 12.0. The van der Waals surface area contributed by atoms with Gasteiger partial charge >= 0.3 is 7.60 Å². The number of pyridine rings is 1. The van der Waals surface area contributed by atoms with Crippen molar-refractivity contribution in [2.24, 2.45) is 0 Å². The summed E-state index contributed by atoms with van der Waals surface area (Å²) in [4.78, 5) is 4.02. The van der Waals surface area contributed by atoms with Gasteiger partial charge in [0.15, 0.2) is 17.3 Å². The molecule has 2 rings (SSSR count). The second-order valence-corrected chi connectivity index (χ2v) is 7.29. The van der Waals surface area contributed by atoms with Gasteiger partial charge in [0.25, 0.3) is 0 Å². The number of rotatable bonds is 8. The van der Waals surface area contributed by atoms with Crippen LogP contribution in [0.2, 0.25) is 0 Å². The highest BCUT2D eigenvalue weighted by Gasteiger charge is 2.37. The number of nitrogens with one attached hydrogen (secondary N) is 1. The standard InChI is InChI=1S/C16H21N2O6P/c1-21-13-8-11(9-14(22-2)15(13)19)16(25(20,23-3)24-4)18-12-6-5-7-17-10-12/h5-10,16,18-19H,1-4H3. The minimum Gasteiger partial charge on any atom is -0.502 e. The topological polar surface area (TPSA) is 99.1 Å². The minimum absolute atomic E-state index is 0.154. The predicted molar refractivity (Wildman–Crippen MR) is 93.4 cm³/mol. The van der Waals surface area contributed by atoms with E-state index in [1.165, 1.54) is 40.6 Å². The lowest BCUT2D eigenvalue weighted by molar-refractivity contribution is 0.268. The van der Waals surface area contributed by atoms with Crippen molar-refractivity contribution in [2.45, 2.75) is 5.78 Å². The van der Waals surface area contributed by atoms with Crippen LogP contribution in [0.4, 0.5) is 5.69 Å². The number of ether oxygens (including phenoxy) is 2. The van der Waals surface area contributed by atoms with Crippen LogP contribution in [0.5, 0.6) is 17.2 Å². The van der Waals surface area contributed by atoms with E-state index in [0.29, 0.717) is 11.3 Å². The number of methoxy groups -OCH3 is 2. The Labute approximate surface area is 146 Å². The molecule has 1 heterocycles. The molecule has 0 saturated carbocycles. The van der Waals surface area contributed by atoms with Crippen molar-refractivity contribution in [1.29, 1.82) is 0 Å². The normalized spacial score (nSPS) is 12.5. The van der Waals surface area contributed by atoms with Crippen molar-refractivity contribution >= 4 is 13.3 Å². The summed E-state index contributed by atoms with van der Waals surface area (Å²) in [6.07, 6.45) is 3.20. The average Bonchev–Trinajstić information content (AvgIpc) is 2.66. The Balaban J connectivity index is 2.57. The van der Waals surface area contributed by atoms with Gasteiger partial charge in [-0.05, 0) is 29.8 Å². The minimum atomic E-state index is -3.59. The van der Waals surface area contributed by atoms with Gasteiger partial charge in [-0.25, -0.2) is 0 Å². The Morgan fingerprint density at radius 2 is 1.72 bits per heavy atom. The van der Waals surface area contributed by atoms with Gasteiger partial charge in [-0.3, -0.25) is 9.55 Å². The van der Waals surface area contributed by atoms with Crippen molar-refractivity contribution in [1.82, 2.24) is 4.98 Å². The molecule has 9 heteroatoms. The van der Waals surface area contributed by atoms with Crippen LogP contribution in [-0.4, -0.2) is 38.5 Å². The first-order valence-electron chi connectivity index (χ1n) is 7.31. The van der Waals surface area contributed by atoms with Crippen molar-refractivity contribution < 1.29 is 28.2 Å². The van der Waals surface area contributed by atoms with Gasteiger partial charge in [-0.15, -0.1) is 0 Å². The predicted octanol–water partition coefficient (Wildman–Crippen LogP) is 3.40. The number of nitrogens with zero attached hydrogens (tertiary/aromatic N) is 1. The van der Waals surface area contributed by atoms with E-state index in [4.69, 9.17) is 18.5 Å². The highest BCUT2D eigenvalue weighted by molar-refractivity contribution is 7.54. The molecular formula is C16H21N2O6P. The first-order valence-corrected chi connectivity index (χ1v) is 8.93. The summed E-state index contributed by atoms with van der Waals surface area (Å²) < 4.78 is 33.7. The fraction of sp³-hybridized carbons (Fsp3) is 0.312. The molecule has 1 aromatic heterocycles. The van der Waals surface area contributed by atoms with Crippen LogP contribution >= 0.6 is 7.60 Å². The number of hydrogen-bond acceptors (Lipinski definition) is 8. The molecule has 1 atom stereocenters. The molecule has 0 saturated heterocycles. The van der Waals surface area contributed by atoms with Crippen LogP contribution in [0.1, 0.15) is 11.3 Å². The maximum Gasteiger partial charge on any atom is 0.356 e. The maximum absolute atomic E-state index is 13.1. The van der Waals surface area contributed by atoms with E-state index in [-0.39, 0.29) is 17.2 Å². The molecular weight excluding hydrogens is 347 g/mol. The SMILES string of the molecule is COc1cc(C(Nc2cccnc2)P(=O)(OC)OC)cc(OC)c1O. The fourth-order valence-electron chi connectivity index (χ4n) is 2.31. The van der Waals surface area contributed by atoms with E-state index in [1.807, 2.05) is 0 Å². The highest BCUT2D eigenvalue weighted by Crippen LogP contribution is 2.60. The number of aromatic nitrogens is 1. The Morgan fingerprint density at radius 3 is 2.16 bits per heavy atom. The summed E-state index contributed by atoms with van der Waals surface area (Å²) in [5.74, 6) is -0.689. The van der Waals surface area contributed by atoms with Gasteiger partial charge in [0, 0.05) is 26.6 Å². The molecule has 0 amide bonds. The van der Waals surface area contributed by atoms with Gasteiger partial charge in [0.05, 0.1) is 19.9 Å². The molecule has 0 aliphatic carbocycles. The van der Waals surface area contributed by atoms with E-state index in [1.54, 1.807) is 24.5 Å². The third-order valence-corrected chi connectivity index (χ3v) is 5.69. The van der Waals surface area contributed by atoms with Crippen LogP contribution in [0.25, 0.3) is 0 Å². The lowest BCUT2D eigenvalue weighted by Gasteiger charge is -2.27. The number of benzene rings is 1. The Morgan fingerprint density at radius 1 is 1.12 bits per heavy atom. The molecule has 0 radical (unpaired) electrons. The van der Waals surface area contributed by atoms with E-state index in [2.05, 4.69) is 10.3 Å². The molecule has 0 bridgehead atoms. The second kappa shape index (κ2) is 8.20. The van der Waals surface area contributed by atoms with Gasteiger partial charge in [-0.2, -0.15) is 0 Å². The van der Waals surface area contributed by atoms with Gasteiger partial charge < -0.3 is 28.9 Å². The van der Waals surface area contributed by atoms with Gasteiger partial charge in [-0.1, -0.05) is 0 Å². The number of phenols is 1. The van der Waals surface area contributed by atoms with E-state index in [0.717, 1.165) is 0 Å². The van der Waals surface area contributed by atoms with E-state index >= 15 is 0 Å². The molecule has 0 aliphatic rings. The van der Waals surface area contributed by atoms with Crippen LogP contribution in [0.15, 0.2) is 36.7 Å². The first kappa shape index (κ1) is 19.1. The molecule has 8 nitrogen and oxygen atoms in total. The van der Waals surface area contributed by atoms with Crippen LogP contribution in [0.3, 0.4) is 0 Å². The molecule has 0 fully saturated rings. The van der Waals surface area contributed by atoms with Crippen molar-refractivity contribution in [3.63, 3.8) is 0 Å². The largest absolute Gasteiger partial charge is 0.502 e. The van der Waals surface area contributed by atoms with Gasteiger partial charge in [0.2, 0.25) is 5.75 Å². The number of phenolic OH excluding ortho intramolecular Hbond substituents is 1. The van der Waals surface area contributed by atoms with Crippen LogP contribution in [0, 0.1) is 0 Å². The Bertz CT molecular complexity index is 723. The molecule has 0 spiro atoms. The lowest BCUT2D eigenvalue weighted by atomic mass is 10.1. The Kier molecular flexibility index (Phi) is 6.25. The quantitative estimate of drug-likeness (QED) is 0.684. The van der Waals surface area contributed by atoms with Crippen LogP contribution < -0.4 is 14.8 Å². The summed E-state index contributed by atoms with van der Waals surface area (Å²) in [6, 6.07) is 6.58. The molecule has 1 unspecified atom stereocenters. The summed E-state index contributed by atoms with van der Waals surface area (Å²) in [5.41, 5.74) is 1.11. The zero-order valence-electron chi connectivity index (χ0n) is 14.4. The molecule has 2 aromatic rings. The monoisotopic (exact) mass is 368 g/mol. The molecule has 1 aromatic carbocycles. The number of aromatic hydroxyl groups is 1. The molecule has 25 heavy (non-hydrogen) atoms. The fourth-order valence-corrected chi connectivity index (χ4v) is 3.70. The zero-order valence-corrected chi connectivity index (χ0v) is 15.3. The zero-order chi connectivity index (χ0) is 18.4. The summed E-state index contributed by atoms with van der Waals surface area (Å²) in [6.45, 7) is 0. The summed E-state index contributed by atoms with van der Waals surface area (Å²) >= 11 is 0. The summed E-state index contributed by atoms with van der Waals surface area (Å²) in [5, 5.41) is 13.2. The molecule has 0 aliphatic heterocycles. The Hall–Kier alpha value is -2.28. The van der Waals surface area contributed by atoms with E-state index < -0.39 is 13.4 Å². The second-order valence-electron chi connectivity index (χ2n) is 4.97. The van der Waals surface area contributed by atoms with Crippen LogP contribution in [-0.2, 0) is 13.6 Å². The van der Waals surface area contributed by atoms with Crippen molar-refractivity contribution in [3.05, 3.63) is 42.2 Å². The maximum atomic E-state index is 13.1.